The van der Waals surface area contributed by atoms with E-state index in [-0.39, 0.29) is 5.97 Å². The molecular weight excluding hydrogens is 388 g/mol. The molecule has 1 aromatic rings. The van der Waals surface area contributed by atoms with Crippen molar-refractivity contribution in [3.8, 4) is 5.75 Å². The molecule has 0 fully saturated rings. The van der Waals surface area contributed by atoms with Crippen LogP contribution >= 0.6 is 11.8 Å². The van der Waals surface area contributed by atoms with Gasteiger partial charge >= 0.3 is 5.97 Å². The maximum Gasteiger partial charge on any atom is 0.312 e. The van der Waals surface area contributed by atoms with E-state index in [4.69, 9.17) is 4.74 Å². The van der Waals surface area contributed by atoms with Crippen LogP contribution in [0.2, 0.25) is 0 Å². The second-order valence-corrected chi connectivity index (χ2v) is 9.68. The summed E-state index contributed by atoms with van der Waals surface area (Å²) in [6.07, 6.45) is 23.1. The van der Waals surface area contributed by atoms with Crippen molar-refractivity contribution >= 4 is 17.7 Å². The first-order valence-corrected chi connectivity index (χ1v) is 13.8. The third kappa shape index (κ3) is 17.9. The first kappa shape index (κ1) is 27.1. The zero-order valence-corrected chi connectivity index (χ0v) is 20.4. The van der Waals surface area contributed by atoms with E-state index in [9.17, 15) is 4.79 Å². The zero-order chi connectivity index (χ0) is 21.5. The fourth-order valence-corrected chi connectivity index (χ4v) is 4.60. The van der Waals surface area contributed by atoms with Crippen molar-refractivity contribution in [2.24, 2.45) is 0 Å². The molecule has 0 amide bonds. The summed E-state index contributed by atoms with van der Waals surface area (Å²) in [5, 5.41) is 0. The van der Waals surface area contributed by atoms with Gasteiger partial charge in [-0.2, -0.15) is 11.8 Å². The highest BCUT2D eigenvalue weighted by Gasteiger charge is 2.04. The predicted molar refractivity (Wildman–Crippen MR) is 134 cm³/mol. The van der Waals surface area contributed by atoms with Crippen LogP contribution in [-0.2, 0) is 4.79 Å². The van der Waals surface area contributed by atoms with Crippen molar-refractivity contribution in [2.45, 2.75) is 116 Å². The molecule has 0 N–H and O–H groups in total. The van der Waals surface area contributed by atoms with Gasteiger partial charge < -0.3 is 4.74 Å². The number of para-hydroxylation sites is 1. The predicted octanol–water partition coefficient (Wildman–Crippen LogP) is 8.98. The molecule has 0 bridgehead atoms. The molecule has 0 radical (unpaired) electrons. The molecule has 1 rings (SSSR count). The molecule has 0 atom stereocenters. The number of esters is 1. The van der Waals surface area contributed by atoms with Crippen LogP contribution in [0.15, 0.2) is 30.3 Å². The molecule has 0 aliphatic carbocycles. The summed E-state index contributed by atoms with van der Waals surface area (Å²) in [5.74, 6) is 2.55. The van der Waals surface area contributed by atoms with Crippen molar-refractivity contribution in [2.75, 3.05) is 11.5 Å². The van der Waals surface area contributed by atoms with E-state index >= 15 is 0 Å². The quantitative estimate of drug-likeness (QED) is 0.110. The third-order valence-electron chi connectivity index (χ3n) is 5.57. The lowest BCUT2D eigenvalue weighted by Gasteiger charge is -2.05. The minimum Gasteiger partial charge on any atom is -0.427 e. The number of rotatable bonds is 21. The Morgan fingerprint density at radius 1 is 0.667 bits per heavy atom. The number of benzene rings is 1. The van der Waals surface area contributed by atoms with Crippen LogP contribution in [0.4, 0.5) is 0 Å². The molecule has 0 aliphatic heterocycles. The number of unbranched alkanes of at least 4 members (excludes halogenated alkanes) is 15. The molecule has 2 nitrogen and oxygen atoms in total. The Kier molecular flexibility index (Phi) is 19.2. The SMILES string of the molecule is CCCCCCCCCCCCCCCCCCSCCC(=O)Oc1ccccc1. The van der Waals surface area contributed by atoms with Crippen molar-refractivity contribution in [3.63, 3.8) is 0 Å². The van der Waals surface area contributed by atoms with Crippen LogP contribution < -0.4 is 4.74 Å². The van der Waals surface area contributed by atoms with Crippen LogP contribution in [0.1, 0.15) is 116 Å². The average molecular weight is 435 g/mol. The van der Waals surface area contributed by atoms with Crippen molar-refractivity contribution in [1.82, 2.24) is 0 Å². The lowest BCUT2D eigenvalue weighted by atomic mass is 10.0. The van der Waals surface area contributed by atoms with Crippen molar-refractivity contribution < 1.29 is 9.53 Å². The van der Waals surface area contributed by atoms with Crippen LogP contribution in [-0.4, -0.2) is 17.5 Å². The molecule has 1 aromatic carbocycles. The van der Waals surface area contributed by atoms with E-state index in [1.165, 1.54) is 103 Å². The monoisotopic (exact) mass is 434 g/mol. The second kappa shape index (κ2) is 21.3. The van der Waals surface area contributed by atoms with Gasteiger partial charge in [0.15, 0.2) is 0 Å². The Morgan fingerprint density at radius 2 is 1.13 bits per heavy atom. The van der Waals surface area contributed by atoms with Crippen LogP contribution in [0.5, 0.6) is 5.75 Å². The number of carbonyl (C=O) groups is 1. The van der Waals surface area contributed by atoms with Crippen LogP contribution in [0.3, 0.4) is 0 Å². The number of hydrogen-bond donors (Lipinski definition) is 0. The minimum absolute atomic E-state index is 0.124. The summed E-state index contributed by atoms with van der Waals surface area (Å²) >= 11 is 1.88. The molecule has 0 aliphatic rings. The lowest BCUT2D eigenvalue weighted by Crippen LogP contribution is -2.08. The summed E-state index contributed by atoms with van der Waals surface area (Å²) in [7, 11) is 0. The Bertz CT molecular complexity index is 489. The van der Waals surface area contributed by atoms with Crippen LogP contribution in [0.25, 0.3) is 0 Å². The van der Waals surface area contributed by atoms with Gasteiger partial charge in [-0.3, -0.25) is 4.79 Å². The van der Waals surface area contributed by atoms with E-state index in [0.29, 0.717) is 12.2 Å². The maximum atomic E-state index is 11.8. The zero-order valence-electron chi connectivity index (χ0n) is 19.5. The first-order chi connectivity index (χ1) is 14.8. The first-order valence-electron chi connectivity index (χ1n) is 12.7. The largest absolute Gasteiger partial charge is 0.427 e. The molecule has 0 saturated carbocycles. The van der Waals surface area contributed by atoms with Gasteiger partial charge in [0.25, 0.3) is 0 Å². The normalized spacial score (nSPS) is 11.0. The van der Waals surface area contributed by atoms with Gasteiger partial charge in [-0.15, -0.1) is 0 Å². The highest BCUT2D eigenvalue weighted by atomic mass is 32.2. The second-order valence-electron chi connectivity index (χ2n) is 8.45. The van der Waals surface area contributed by atoms with E-state index in [1.807, 2.05) is 42.1 Å². The minimum atomic E-state index is -0.124. The van der Waals surface area contributed by atoms with Gasteiger partial charge in [-0.25, -0.2) is 0 Å². The van der Waals surface area contributed by atoms with Crippen LogP contribution in [0, 0.1) is 0 Å². The molecule has 0 spiro atoms. The maximum absolute atomic E-state index is 11.8. The van der Waals surface area contributed by atoms with E-state index in [2.05, 4.69) is 6.92 Å². The van der Waals surface area contributed by atoms with E-state index < -0.39 is 0 Å². The van der Waals surface area contributed by atoms with Gasteiger partial charge in [-0.05, 0) is 24.3 Å². The molecule has 172 valence electrons. The topological polar surface area (TPSA) is 26.3 Å². The van der Waals surface area contributed by atoms with Gasteiger partial charge in [-0.1, -0.05) is 121 Å². The van der Waals surface area contributed by atoms with Crippen molar-refractivity contribution in [1.29, 1.82) is 0 Å². The number of hydrogen-bond acceptors (Lipinski definition) is 3. The molecule has 0 heterocycles. The summed E-state index contributed by atoms with van der Waals surface area (Å²) in [5.41, 5.74) is 0. The van der Waals surface area contributed by atoms with Gasteiger partial charge in [0.2, 0.25) is 0 Å². The number of carbonyl (C=O) groups excluding carboxylic acids is 1. The molecular formula is C27H46O2S. The smallest absolute Gasteiger partial charge is 0.312 e. The Balaban J connectivity index is 1.72. The fourth-order valence-electron chi connectivity index (χ4n) is 3.68. The lowest BCUT2D eigenvalue weighted by molar-refractivity contribution is -0.133. The number of thioether (sulfide) groups is 1. The Morgan fingerprint density at radius 3 is 1.63 bits per heavy atom. The fraction of sp³-hybridized carbons (Fsp3) is 0.741. The third-order valence-corrected chi connectivity index (χ3v) is 6.64. The number of ether oxygens (including phenoxy) is 1. The van der Waals surface area contributed by atoms with Crippen molar-refractivity contribution in [3.05, 3.63) is 30.3 Å². The summed E-state index contributed by atoms with van der Waals surface area (Å²) in [6.45, 7) is 2.29. The standard InChI is InChI=1S/C27H46O2S/c1-2-3-4-5-6-7-8-9-10-11-12-13-14-15-16-20-24-30-25-23-27(28)29-26-21-18-17-19-22-26/h17-19,21-22H,2-16,20,23-25H2,1H3. The Labute approximate surface area is 190 Å². The van der Waals surface area contributed by atoms with E-state index in [0.717, 1.165) is 11.5 Å². The summed E-state index contributed by atoms with van der Waals surface area (Å²) in [6, 6.07) is 9.33. The molecule has 30 heavy (non-hydrogen) atoms. The molecule has 0 unspecified atom stereocenters. The highest BCUT2D eigenvalue weighted by molar-refractivity contribution is 7.99. The highest BCUT2D eigenvalue weighted by Crippen LogP contribution is 2.15. The van der Waals surface area contributed by atoms with Gasteiger partial charge in [0.05, 0.1) is 6.42 Å². The Hall–Kier alpha value is -0.960. The van der Waals surface area contributed by atoms with E-state index in [1.54, 1.807) is 0 Å². The average Bonchev–Trinajstić information content (AvgIpc) is 2.76. The summed E-state index contributed by atoms with van der Waals surface area (Å²) in [4.78, 5) is 11.8. The summed E-state index contributed by atoms with van der Waals surface area (Å²) < 4.78 is 5.30. The molecule has 3 heteroatoms. The van der Waals surface area contributed by atoms with Gasteiger partial charge in [0.1, 0.15) is 5.75 Å². The van der Waals surface area contributed by atoms with Gasteiger partial charge in [0, 0.05) is 5.75 Å². The molecule has 0 saturated heterocycles. The molecule has 0 aromatic heterocycles.